The van der Waals surface area contributed by atoms with Crippen molar-refractivity contribution in [2.45, 2.75) is 94.8 Å². The molecular weight excluding hydrogens is 833 g/mol. The van der Waals surface area contributed by atoms with Crippen LogP contribution < -0.4 is 31.9 Å². The van der Waals surface area contributed by atoms with Crippen LogP contribution in [0.3, 0.4) is 0 Å². The number of carboxylic acid groups (broad SMARTS) is 1. The predicted molar refractivity (Wildman–Crippen MR) is 248 cm³/mol. The van der Waals surface area contributed by atoms with Crippen LogP contribution in [0, 0.1) is 5.92 Å². The van der Waals surface area contributed by atoms with Gasteiger partial charge in [0.05, 0.1) is 0 Å². The molecule has 14 nitrogen and oxygen atoms in total. The van der Waals surface area contributed by atoms with Crippen LogP contribution in [-0.2, 0) is 46.4 Å². The molecule has 0 aromatic heterocycles. The van der Waals surface area contributed by atoms with Gasteiger partial charge >= 0.3 is 5.97 Å². The first-order valence-electron chi connectivity index (χ1n) is 21.3. The molecule has 0 fully saturated rings. The summed E-state index contributed by atoms with van der Waals surface area (Å²) in [7, 11) is 0. The van der Waals surface area contributed by atoms with E-state index in [0.717, 1.165) is 11.1 Å². The fraction of sp³-hybridized carbons (Fsp3) is 0.327. The van der Waals surface area contributed by atoms with Gasteiger partial charge < -0.3 is 37.0 Å². The molecule has 6 amide bonds. The first-order chi connectivity index (χ1) is 30.7. The summed E-state index contributed by atoms with van der Waals surface area (Å²) in [5.74, 6) is -5.27. The van der Waals surface area contributed by atoms with Gasteiger partial charge in [-0.1, -0.05) is 123 Å². The Balaban J connectivity index is 1.37. The second-order valence-electron chi connectivity index (χ2n) is 16.0. The van der Waals surface area contributed by atoms with Crippen molar-refractivity contribution in [3.63, 3.8) is 0 Å². The highest BCUT2D eigenvalue weighted by atomic mass is 32.2. The fourth-order valence-corrected chi connectivity index (χ4v) is 7.97. The Labute approximate surface area is 377 Å². The van der Waals surface area contributed by atoms with E-state index in [9.17, 15) is 38.7 Å². The molecule has 64 heavy (non-hydrogen) atoms. The van der Waals surface area contributed by atoms with E-state index in [1.54, 1.807) is 68.4 Å². The SMILES string of the molecule is CC(C)[C@H](NC(=O)[C@H](C)NC(=O)[C@@H](Cc1ccccc1)NC(=O)[C@H](Cc1ccc(-c2ccccc2)cc1)NC(=O)[C@@H](CC1CC=CS1)NC(=O)CCC(=O)Nc1ccccc1)C(=O)O. The van der Waals surface area contributed by atoms with Crippen LogP contribution in [-0.4, -0.2) is 82.0 Å². The summed E-state index contributed by atoms with van der Waals surface area (Å²) in [6.45, 7) is 4.71. The van der Waals surface area contributed by atoms with Gasteiger partial charge in [-0.15, -0.1) is 11.8 Å². The summed E-state index contributed by atoms with van der Waals surface area (Å²) in [5, 5.41) is 27.8. The van der Waals surface area contributed by atoms with E-state index in [1.165, 1.54) is 18.7 Å². The number of thioether (sulfide) groups is 1. The molecule has 0 saturated carbocycles. The first kappa shape index (κ1) is 48.3. The number of allylic oxidation sites excluding steroid dienone is 1. The normalized spacial score (nSPS) is 15.4. The minimum Gasteiger partial charge on any atom is -0.480 e. The second-order valence-corrected chi connectivity index (χ2v) is 17.2. The molecule has 15 heteroatoms. The molecule has 4 aromatic carbocycles. The van der Waals surface area contributed by atoms with Crippen molar-refractivity contribution < 1.29 is 38.7 Å². The Morgan fingerprint density at radius 2 is 1.09 bits per heavy atom. The number of amides is 6. The molecular formula is C49H56N6O8S. The first-order valence-corrected chi connectivity index (χ1v) is 22.3. The van der Waals surface area contributed by atoms with Crippen molar-refractivity contribution in [1.82, 2.24) is 26.6 Å². The summed E-state index contributed by atoms with van der Waals surface area (Å²) in [6.07, 6.45) is 2.61. The van der Waals surface area contributed by atoms with Gasteiger partial charge in [0, 0.05) is 36.6 Å². The molecule has 0 bridgehead atoms. The van der Waals surface area contributed by atoms with Gasteiger partial charge in [0.15, 0.2) is 0 Å². The Morgan fingerprint density at radius 3 is 1.66 bits per heavy atom. The molecule has 0 spiro atoms. The molecule has 4 aromatic rings. The van der Waals surface area contributed by atoms with Gasteiger partial charge in [0.2, 0.25) is 35.4 Å². The van der Waals surface area contributed by atoms with Gasteiger partial charge in [0.1, 0.15) is 30.2 Å². The van der Waals surface area contributed by atoms with Crippen LogP contribution in [0.25, 0.3) is 11.1 Å². The molecule has 5 rings (SSSR count). The van der Waals surface area contributed by atoms with Crippen molar-refractivity contribution in [2.75, 3.05) is 5.32 Å². The Hall–Kier alpha value is -6.74. The summed E-state index contributed by atoms with van der Waals surface area (Å²) in [6, 6.07) is 29.2. The molecule has 0 saturated heterocycles. The zero-order valence-electron chi connectivity index (χ0n) is 36.1. The predicted octanol–water partition coefficient (Wildman–Crippen LogP) is 5.15. The molecule has 336 valence electrons. The van der Waals surface area contributed by atoms with E-state index in [0.29, 0.717) is 23.2 Å². The molecule has 7 N–H and O–H groups in total. The molecule has 6 atom stereocenters. The minimum atomic E-state index is -1.24. The average Bonchev–Trinajstić information content (AvgIpc) is 3.81. The number of para-hydroxylation sites is 1. The highest BCUT2D eigenvalue weighted by Crippen LogP contribution is 2.28. The van der Waals surface area contributed by atoms with Crippen LogP contribution in [0.2, 0.25) is 0 Å². The third kappa shape index (κ3) is 15.3. The van der Waals surface area contributed by atoms with Gasteiger partial charge in [0.25, 0.3) is 0 Å². The van der Waals surface area contributed by atoms with Gasteiger partial charge in [-0.05, 0) is 65.5 Å². The number of carbonyl (C=O) groups excluding carboxylic acids is 6. The van der Waals surface area contributed by atoms with E-state index in [-0.39, 0.29) is 43.3 Å². The zero-order valence-corrected chi connectivity index (χ0v) is 36.9. The highest BCUT2D eigenvalue weighted by molar-refractivity contribution is 8.03. The summed E-state index contributed by atoms with van der Waals surface area (Å²) in [4.78, 5) is 93.6. The Bertz CT molecular complexity index is 2230. The lowest BCUT2D eigenvalue weighted by Gasteiger charge is -2.27. The monoisotopic (exact) mass is 888 g/mol. The maximum absolute atomic E-state index is 14.5. The number of rotatable bonds is 22. The van der Waals surface area contributed by atoms with E-state index in [4.69, 9.17) is 0 Å². The number of aliphatic carboxylic acids is 1. The van der Waals surface area contributed by atoms with E-state index >= 15 is 0 Å². The van der Waals surface area contributed by atoms with E-state index in [1.807, 2.05) is 72.1 Å². The largest absolute Gasteiger partial charge is 0.480 e. The van der Waals surface area contributed by atoms with Crippen molar-refractivity contribution in [3.05, 3.63) is 138 Å². The third-order valence-electron chi connectivity index (χ3n) is 10.6. The van der Waals surface area contributed by atoms with Crippen molar-refractivity contribution in [1.29, 1.82) is 0 Å². The number of anilines is 1. The van der Waals surface area contributed by atoms with Crippen molar-refractivity contribution in [2.24, 2.45) is 5.92 Å². The van der Waals surface area contributed by atoms with Crippen molar-refractivity contribution >= 4 is 58.9 Å². The maximum atomic E-state index is 14.5. The lowest BCUT2D eigenvalue weighted by Crippen LogP contribution is -2.59. The topological polar surface area (TPSA) is 212 Å². The number of hydrogen-bond acceptors (Lipinski definition) is 8. The number of carboxylic acids is 1. The second kappa shape index (κ2) is 24.2. The average molecular weight is 889 g/mol. The number of hydrogen-bond donors (Lipinski definition) is 7. The Morgan fingerprint density at radius 1 is 0.578 bits per heavy atom. The van der Waals surface area contributed by atoms with Gasteiger partial charge in [-0.3, -0.25) is 28.8 Å². The van der Waals surface area contributed by atoms with Crippen LogP contribution in [0.1, 0.15) is 57.6 Å². The number of nitrogens with one attached hydrogen (secondary N) is 6. The Kier molecular flexibility index (Phi) is 18.3. The molecule has 0 aliphatic carbocycles. The summed E-state index contributed by atoms with van der Waals surface area (Å²) < 4.78 is 0. The van der Waals surface area contributed by atoms with E-state index < -0.39 is 71.6 Å². The lowest BCUT2D eigenvalue weighted by molar-refractivity contribution is -0.143. The van der Waals surface area contributed by atoms with Crippen LogP contribution in [0.5, 0.6) is 0 Å². The van der Waals surface area contributed by atoms with Crippen LogP contribution in [0.15, 0.2) is 127 Å². The maximum Gasteiger partial charge on any atom is 0.326 e. The quantitative estimate of drug-likeness (QED) is 0.0556. The van der Waals surface area contributed by atoms with Gasteiger partial charge in [-0.2, -0.15) is 0 Å². The van der Waals surface area contributed by atoms with Crippen LogP contribution in [0.4, 0.5) is 5.69 Å². The van der Waals surface area contributed by atoms with Crippen LogP contribution >= 0.6 is 11.8 Å². The zero-order chi connectivity index (χ0) is 46.0. The van der Waals surface area contributed by atoms with Gasteiger partial charge in [-0.25, -0.2) is 4.79 Å². The molecule has 1 aliphatic rings. The fourth-order valence-electron chi connectivity index (χ4n) is 7.00. The molecule has 1 unspecified atom stereocenters. The van der Waals surface area contributed by atoms with E-state index in [2.05, 4.69) is 31.9 Å². The summed E-state index contributed by atoms with van der Waals surface area (Å²) >= 11 is 1.53. The standard InChI is InChI=1S/C49H56N6O8S/c1-31(2)44(49(62)63)55-45(58)32(3)50-46(59)39(28-33-14-7-4-8-15-33)53-47(60)40(29-34-21-23-36(24-22-34)35-16-9-5-10-17-35)54-48(61)41(30-38-20-13-27-64-38)52-43(57)26-25-42(56)51-37-18-11-6-12-19-37/h4-19,21-24,27,31-32,38-41,44H,20,25-26,28-30H2,1-3H3,(H,50,59)(H,51,56)(H,52,57)(H,53,60)(H,54,61)(H,55,58)(H,62,63)/t32-,38?,39+,40-,41+,44-/m0/s1. The summed E-state index contributed by atoms with van der Waals surface area (Å²) in [5.41, 5.74) is 3.93. The molecule has 1 aliphatic heterocycles. The molecule has 1 heterocycles. The third-order valence-corrected chi connectivity index (χ3v) is 11.7. The minimum absolute atomic E-state index is 0.0109. The molecule has 0 radical (unpaired) electrons. The lowest BCUT2D eigenvalue weighted by atomic mass is 9.99. The van der Waals surface area contributed by atoms with Crippen molar-refractivity contribution in [3.8, 4) is 11.1 Å². The highest BCUT2D eigenvalue weighted by Gasteiger charge is 2.33. The smallest absolute Gasteiger partial charge is 0.326 e. The number of benzene rings is 4. The number of carbonyl (C=O) groups is 7.